The Bertz CT molecular complexity index is 527. The van der Waals surface area contributed by atoms with E-state index in [0.717, 1.165) is 23.6 Å². The highest BCUT2D eigenvalue weighted by atomic mass is 35.5. The molecule has 1 aromatic carbocycles. The van der Waals surface area contributed by atoms with Gasteiger partial charge in [0.05, 0.1) is 12.5 Å². The smallest absolute Gasteiger partial charge is 0.233 e. The fourth-order valence-electron chi connectivity index (χ4n) is 1.95. The number of hydrogen-bond acceptors (Lipinski definition) is 4. The molecule has 0 saturated carbocycles. The highest BCUT2D eigenvalue weighted by Gasteiger charge is 2.15. The Kier molecular flexibility index (Phi) is 4.93. The molecule has 1 N–H and O–H groups in total. The van der Waals surface area contributed by atoms with Crippen LogP contribution in [0.15, 0.2) is 28.7 Å². The van der Waals surface area contributed by atoms with Crippen LogP contribution in [-0.4, -0.2) is 16.7 Å². The molecule has 0 radical (unpaired) electrons. The van der Waals surface area contributed by atoms with Crippen LogP contribution >= 0.6 is 11.6 Å². The molecular formula is C14H18ClN3O. The lowest BCUT2D eigenvalue weighted by atomic mass is 10.1. The van der Waals surface area contributed by atoms with Gasteiger partial charge in [-0.25, -0.2) is 0 Å². The Morgan fingerprint density at radius 3 is 2.84 bits per heavy atom. The van der Waals surface area contributed by atoms with Crippen molar-refractivity contribution in [3.05, 3.63) is 46.6 Å². The molecule has 0 amide bonds. The third kappa shape index (κ3) is 3.78. The molecule has 0 bridgehead atoms. The van der Waals surface area contributed by atoms with Crippen molar-refractivity contribution in [1.29, 1.82) is 0 Å². The van der Waals surface area contributed by atoms with E-state index in [-0.39, 0.29) is 6.04 Å². The number of nitrogens with zero attached hydrogens (tertiary/aromatic N) is 2. The number of benzene rings is 1. The van der Waals surface area contributed by atoms with E-state index in [4.69, 9.17) is 16.0 Å². The first kappa shape index (κ1) is 14.0. The molecule has 1 atom stereocenters. The first-order valence-corrected chi connectivity index (χ1v) is 6.90. The number of halogens is 1. The molecule has 0 saturated heterocycles. The molecule has 5 heteroatoms. The van der Waals surface area contributed by atoms with Crippen LogP contribution in [0.2, 0.25) is 5.02 Å². The summed E-state index contributed by atoms with van der Waals surface area (Å²) in [5.41, 5.74) is 1.07. The van der Waals surface area contributed by atoms with Crippen LogP contribution in [0.1, 0.15) is 43.7 Å². The number of hydrogen-bond donors (Lipinski definition) is 1. The molecule has 2 rings (SSSR count). The van der Waals surface area contributed by atoms with Gasteiger partial charge in [-0.3, -0.25) is 0 Å². The molecule has 1 aromatic heterocycles. The van der Waals surface area contributed by atoms with Gasteiger partial charge in [-0.1, -0.05) is 37.6 Å². The van der Waals surface area contributed by atoms with Crippen molar-refractivity contribution in [2.45, 2.75) is 32.7 Å². The average molecular weight is 280 g/mol. The number of aromatic nitrogens is 2. The molecule has 0 aliphatic rings. The normalized spacial score (nSPS) is 12.6. The minimum Gasteiger partial charge on any atom is -0.423 e. The topological polar surface area (TPSA) is 51.0 Å². The lowest BCUT2D eigenvalue weighted by molar-refractivity contribution is 0.380. The van der Waals surface area contributed by atoms with Crippen LogP contribution in [-0.2, 0) is 6.42 Å². The summed E-state index contributed by atoms with van der Waals surface area (Å²) in [6, 6.07) is 7.81. The SMILES string of the molecule is CCNC(CC)c1nnc(Cc2cccc(Cl)c2)o1. The predicted molar refractivity (Wildman–Crippen MR) is 75.3 cm³/mol. The maximum Gasteiger partial charge on any atom is 0.233 e. The van der Waals surface area contributed by atoms with Gasteiger partial charge in [-0.2, -0.15) is 0 Å². The van der Waals surface area contributed by atoms with Crippen molar-refractivity contribution in [3.8, 4) is 0 Å². The largest absolute Gasteiger partial charge is 0.423 e. The average Bonchev–Trinajstić information content (AvgIpc) is 2.84. The molecule has 0 aliphatic heterocycles. The van der Waals surface area contributed by atoms with Crippen LogP contribution in [0.25, 0.3) is 0 Å². The van der Waals surface area contributed by atoms with E-state index in [0.29, 0.717) is 18.2 Å². The second-order valence-corrected chi connectivity index (χ2v) is 4.80. The van der Waals surface area contributed by atoms with Gasteiger partial charge < -0.3 is 9.73 Å². The highest BCUT2D eigenvalue weighted by molar-refractivity contribution is 6.30. The molecule has 1 heterocycles. The summed E-state index contributed by atoms with van der Waals surface area (Å²) >= 11 is 5.95. The Morgan fingerprint density at radius 1 is 1.32 bits per heavy atom. The molecule has 0 fully saturated rings. The first-order chi connectivity index (χ1) is 9.22. The van der Waals surface area contributed by atoms with Crippen LogP contribution in [0.5, 0.6) is 0 Å². The lowest BCUT2D eigenvalue weighted by Gasteiger charge is -2.10. The fraction of sp³-hybridized carbons (Fsp3) is 0.429. The van der Waals surface area contributed by atoms with Crippen molar-refractivity contribution >= 4 is 11.6 Å². The van der Waals surface area contributed by atoms with Crippen LogP contribution < -0.4 is 5.32 Å². The molecule has 1 unspecified atom stereocenters. The van der Waals surface area contributed by atoms with Crippen molar-refractivity contribution in [2.24, 2.45) is 0 Å². The van der Waals surface area contributed by atoms with Gasteiger partial charge in [0.15, 0.2) is 0 Å². The van der Waals surface area contributed by atoms with E-state index < -0.39 is 0 Å². The Labute approximate surface area is 118 Å². The highest BCUT2D eigenvalue weighted by Crippen LogP contribution is 2.18. The number of rotatable bonds is 6. The quantitative estimate of drug-likeness (QED) is 0.881. The molecule has 2 aromatic rings. The Hall–Kier alpha value is -1.39. The van der Waals surface area contributed by atoms with Gasteiger partial charge >= 0.3 is 0 Å². The minimum atomic E-state index is 0.130. The maximum atomic E-state index is 5.95. The summed E-state index contributed by atoms with van der Waals surface area (Å²) in [4.78, 5) is 0. The summed E-state index contributed by atoms with van der Waals surface area (Å²) in [5.74, 6) is 1.27. The fourth-order valence-corrected chi connectivity index (χ4v) is 2.17. The van der Waals surface area contributed by atoms with E-state index in [2.05, 4.69) is 29.4 Å². The monoisotopic (exact) mass is 279 g/mol. The minimum absolute atomic E-state index is 0.130. The second-order valence-electron chi connectivity index (χ2n) is 4.36. The van der Waals surface area contributed by atoms with Crippen molar-refractivity contribution in [1.82, 2.24) is 15.5 Å². The van der Waals surface area contributed by atoms with Gasteiger partial charge in [0.25, 0.3) is 0 Å². The first-order valence-electron chi connectivity index (χ1n) is 6.53. The number of nitrogens with one attached hydrogen (secondary N) is 1. The van der Waals surface area contributed by atoms with E-state index in [1.165, 1.54) is 0 Å². The van der Waals surface area contributed by atoms with Crippen LogP contribution in [0, 0.1) is 0 Å². The summed E-state index contributed by atoms with van der Waals surface area (Å²) in [6.07, 6.45) is 1.53. The Balaban J connectivity index is 2.08. The maximum absolute atomic E-state index is 5.95. The molecule has 102 valence electrons. The van der Waals surface area contributed by atoms with Gasteiger partial charge in [0, 0.05) is 5.02 Å². The van der Waals surface area contributed by atoms with Crippen molar-refractivity contribution < 1.29 is 4.42 Å². The Morgan fingerprint density at radius 2 is 2.16 bits per heavy atom. The zero-order chi connectivity index (χ0) is 13.7. The second kappa shape index (κ2) is 6.68. The van der Waals surface area contributed by atoms with Crippen molar-refractivity contribution in [2.75, 3.05) is 6.54 Å². The van der Waals surface area contributed by atoms with Gasteiger partial charge in [0.2, 0.25) is 11.8 Å². The third-order valence-electron chi connectivity index (χ3n) is 2.88. The van der Waals surface area contributed by atoms with Gasteiger partial charge in [-0.05, 0) is 30.7 Å². The van der Waals surface area contributed by atoms with E-state index in [1.807, 2.05) is 24.3 Å². The zero-order valence-corrected chi connectivity index (χ0v) is 11.9. The van der Waals surface area contributed by atoms with Crippen LogP contribution in [0.4, 0.5) is 0 Å². The molecule has 19 heavy (non-hydrogen) atoms. The van der Waals surface area contributed by atoms with Gasteiger partial charge in [0.1, 0.15) is 0 Å². The molecule has 4 nitrogen and oxygen atoms in total. The lowest BCUT2D eigenvalue weighted by Crippen LogP contribution is -2.20. The van der Waals surface area contributed by atoms with Crippen LogP contribution in [0.3, 0.4) is 0 Å². The van der Waals surface area contributed by atoms with E-state index in [9.17, 15) is 0 Å². The molecule has 0 spiro atoms. The predicted octanol–water partition coefficient (Wildman–Crippen LogP) is 3.37. The summed E-state index contributed by atoms with van der Waals surface area (Å²) in [5, 5.41) is 12.2. The zero-order valence-electron chi connectivity index (χ0n) is 11.2. The van der Waals surface area contributed by atoms with E-state index in [1.54, 1.807) is 0 Å². The van der Waals surface area contributed by atoms with Gasteiger partial charge in [-0.15, -0.1) is 10.2 Å². The summed E-state index contributed by atoms with van der Waals surface area (Å²) in [6.45, 7) is 5.03. The standard InChI is InChI=1S/C14H18ClN3O/c1-3-12(16-4-2)14-18-17-13(19-14)9-10-6-5-7-11(15)8-10/h5-8,12,16H,3-4,9H2,1-2H3. The third-order valence-corrected chi connectivity index (χ3v) is 3.12. The summed E-state index contributed by atoms with van der Waals surface area (Å²) < 4.78 is 5.71. The molecule has 0 aliphatic carbocycles. The summed E-state index contributed by atoms with van der Waals surface area (Å²) in [7, 11) is 0. The van der Waals surface area contributed by atoms with E-state index >= 15 is 0 Å². The molecular weight excluding hydrogens is 262 g/mol. The van der Waals surface area contributed by atoms with Crippen molar-refractivity contribution in [3.63, 3.8) is 0 Å².